The van der Waals surface area contributed by atoms with Gasteiger partial charge in [0.05, 0.1) is 0 Å². The van der Waals surface area contributed by atoms with Gasteiger partial charge in [0.25, 0.3) is 10.0 Å². The van der Waals surface area contributed by atoms with Crippen LogP contribution in [0, 0.1) is 0 Å². The summed E-state index contributed by atoms with van der Waals surface area (Å²) in [6.45, 7) is 3.83. The Hall–Kier alpha value is -1.22. The van der Waals surface area contributed by atoms with Gasteiger partial charge in [0.2, 0.25) is 4.80 Å². The molecule has 2 aromatic rings. The van der Waals surface area contributed by atoms with Crippen molar-refractivity contribution in [2.24, 2.45) is 4.40 Å². The Labute approximate surface area is 128 Å². The van der Waals surface area contributed by atoms with Crippen molar-refractivity contribution in [3.8, 4) is 0 Å². The molecule has 0 aliphatic heterocycles. The van der Waals surface area contributed by atoms with Crippen molar-refractivity contribution >= 4 is 50.6 Å². The van der Waals surface area contributed by atoms with E-state index < -0.39 is 10.0 Å². The molecule has 20 heavy (non-hydrogen) atoms. The Morgan fingerprint density at radius 1 is 1.50 bits per heavy atom. The zero-order valence-corrected chi connectivity index (χ0v) is 13.2. The van der Waals surface area contributed by atoms with E-state index in [2.05, 4.69) is 11.0 Å². The van der Waals surface area contributed by atoms with Crippen LogP contribution in [0.25, 0.3) is 0 Å². The lowest BCUT2D eigenvalue weighted by Gasteiger charge is -1.99. The molecule has 0 aromatic carbocycles. The minimum absolute atomic E-state index is 0.139. The largest absolute Gasteiger partial charge is 0.302 e. The molecule has 0 saturated carbocycles. The highest BCUT2D eigenvalue weighted by Gasteiger charge is 2.16. The number of thiazole rings is 1. The third-order valence-corrected chi connectivity index (χ3v) is 6.52. The summed E-state index contributed by atoms with van der Waals surface area (Å²) in [5.41, 5.74) is 0. The first kappa shape index (κ1) is 15.2. The number of carbonyl (C=O) groups excluding carboxylic acids is 1. The first-order chi connectivity index (χ1) is 9.49. The van der Waals surface area contributed by atoms with Gasteiger partial charge in [0.15, 0.2) is 6.29 Å². The van der Waals surface area contributed by atoms with Crippen molar-refractivity contribution in [3.63, 3.8) is 0 Å². The number of aromatic nitrogens is 1. The number of thiophene rings is 1. The molecule has 106 valence electrons. The van der Waals surface area contributed by atoms with Crippen molar-refractivity contribution in [3.05, 3.63) is 45.0 Å². The fourth-order valence-corrected chi connectivity index (χ4v) is 4.77. The summed E-state index contributed by atoms with van der Waals surface area (Å²) in [5.74, 6) is 0. The average Bonchev–Trinajstić information content (AvgIpc) is 3.02. The minimum atomic E-state index is -3.80. The molecule has 9 heteroatoms. The van der Waals surface area contributed by atoms with Crippen LogP contribution in [-0.2, 0) is 16.6 Å². The molecule has 0 aliphatic carbocycles. The normalized spacial score (nSPS) is 12.6. The zero-order chi connectivity index (χ0) is 14.8. The Balaban J connectivity index is 2.66. The standard InChI is InChI=1S/C11H9ClN2O3S3/c1-2-5-14-10(12)8(7-15)19-11(14)13-20(16,17)9-4-3-6-18-9/h2-4,6-7H,1,5H2/b13-11+. The van der Waals surface area contributed by atoms with Crippen molar-refractivity contribution < 1.29 is 13.2 Å². The van der Waals surface area contributed by atoms with E-state index in [0.29, 0.717) is 6.29 Å². The van der Waals surface area contributed by atoms with Crippen LogP contribution in [0.15, 0.2) is 38.8 Å². The molecule has 0 unspecified atom stereocenters. The molecule has 2 rings (SSSR count). The van der Waals surface area contributed by atoms with E-state index in [0.717, 1.165) is 22.7 Å². The number of nitrogens with zero attached hydrogens (tertiary/aromatic N) is 2. The summed E-state index contributed by atoms with van der Waals surface area (Å²) in [7, 11) is -3.80. The second-order valence-electron chi connectivity index (χ2n) is 3.56. The van der Waals surface area contributed by atoms with E-state index in [4.69, 9.17) is 11.6 Å². The molecule has 0 N–H and O–H groups in total. The van der Waals surface area contributed by atoms with Gasteiger partial charge < -0.3 is 4.57 Å². The van der Waals surface area contributed by atoms with Gasteiger partial charge in [-0.3, -0.25) is 4.79 Å². The van der Waals surface area contributed by atoms with E-state index in [1.165, 1.54) is 10.6 Å². The van der Waals surface area contributed by atoms with Gasteiger partial charge in [-0.1, -0.05) is 35.1 Å². The highest BCUT2D eigenvalue weighted by molar-refractivity contribution is 7.92. The number of hydrogen-bond donors (Lipinski definition) is 0. The number of sulfonamides is 1. The quantitative estimate of drug-likeness (QED) is 0.616. The average molecular weight is 349 g/mol. The van der Waals surface area contributed by atoms with Gasteiger partial charge in [-0.25, -0.2) is 0 Å². The van der Waals surface area contributed by atoms with Crippen LogP contribution in [-0.4, -0.2) is 19.3 Å². The molecule has 0 bridgehead atoms. The Morgan fingerprint density at radius 3 is 2.80 bits per heavy atom. The number of halogens is 1. The number of aldehydes is 1. The van der Waals surface area contributed by atoms with Crippen molar-refractivity contribution in [1.29, 1.82) is 0 Å². The number of carbonyl (C=O) groups is 1. The van der Waals surface area contributed by atoms with Crippen LogP contribution in [0.5, 0.6) is 0 Å². The van der Waals surface area contributed by atoms with E-state index in [1.54, 1.807) is 17.5 Å². The third kappa shape index (κ3) is 2.93. The van der Waals surface area contributed by atoms with E-state index in [-0.39, 0.29) is 25.6 Å². The third-order valence-electron chi connectivity index (χ3n) is 2.24. The summed E-state index contributed by atoms with van der Waals surface area (Å²) in [4.78, 5) is 11.3. The van der Waals surface area contributed by atoms with Gasteiger partial charge in [0, 0.05) is 6.54 Å². The minimum Gasteiger partial charge on any atom is -0.302 e. The predicted molar refractivity (Wildman–Crippen MR) is 80.0 cm³/mol. The van der Waals surface area contributed by atoms with E-state index in [9.17, 15) is 13.2 Å². The maximum atomic E-state index is 12.1. The first-order valence-electron chi connectivity index (χ1n) is 5.29. The predicted octanol–water partition coefficient (Wildman–Crippen LogP) is 2.55. The molecule has 0 fully saturated rings. The van der Waals surface area contributed by atoms with Gasteiger partial charge in [-0.15, -0.1) is 22.3 Å². The molecule has 0 aliphatic rings. The molecule has 0 amide bonds. The molecule has 0 spiro atoms. The lowest BCUT2D eigenvalue weighted by molar-refractivity contribution is 0.112. The number of hydrogen-bond acceptors (Lipinski definition) is 5. The SMILES string of the molecule is C=CCn1c(Cl)c(C=O)s/c1=N/S(=O)(=O)c1cccs1. The van der Waals surface area contributed by atoms with Gasteiger partial charge in [-0.05, 0) is 11.4 Å². The molecule has 2 aromatic heterocycles. The van der Waals surface area contributed by atoms with Gasteiger partial charge in [-0.2, -0.15) is 8.42 Å². The summed E-state index contributed by atoms with van der Waals surface area (Å²) in [5, 5.41) is 1.81. The first-order valence-corrected chi connectivity index (χ1v) is 8.80. The zero-order valence-electron chi connectivity index (χ0n) is 10.0. The van der Waals surface area contributed by atoms with Crippen LogP contribution in [0.2, 0.25) is 5.15 Å². The van der Waals surface area contributed by atoms with Gasteiger partial charge in [0.1, 0.15) is 14.2 Å². The Bertz CT molecular complexity index is 801. The molecule has 5 nitrogen and oxygen atoms in total. The fourth-order valence-electron chi connectivity index (χ4n) is 1.40. The maximum absolute atomic E-state index is 12.1. The molecule has 0 atom stereocenters. The van der Waals surface area contributed by atoms with Crippen LogP contribution in [0.1, 0.15) is 9.67 Å². The summed E-state index contributed by atoms with van der Waals surface area (Å²) >= 11 is 8.00. The van der Waals surface area contributed by atoms with Crippen molar-refractivity contribution in [2.45, 2.75) is 10.8 Å². The second kappa shape index (κ2) is 6.04. The second-order valence-corrected chi connectivity index (χ2v) is 7.70. The monoisotopic (exact) mass is 348 g/mol. The molecular weight excluding hydrogens is 340 g/mol. The maximum Gasteiger partial charge on any atom is 0.294 e. The highest BCUT2D eigenvalue weighted by Crippen LogP contribution is 2.20. The lowest BCUT2D eigenvalue weighted by atomic mass is 10.5. The number of allylic oxidation sites excluding steroid dienone is 1. The molecule has 0 radical (unpaired) electrons. The topological polar surface area (TPSA) is 68.5 Å². The van der Waals surface area contributed by atoms with Gasteiger partial charge >= 0.3 is 0 Å². The van der Waals surface area contributed by atoms with Crippen molar-refractivity contribution in [2.75, 3.05) is 0 Å². The lowest BCUT2D eigenvalue weighted by Crippen LogP contribution is -2.16. The van der Waals surface area contributed by atoms with Crippen molar-refractivity contribution in [1.82, 2.24) is 4.57 Å². The van der Waals surface area contributed by atoms with E-state index >= 15 is 0 Å². The molecule has 0 saturated heterocycles. The Kier molecular flexibility index (Phi) is 4.59. The summed E-state index contributed by atoms with van der Waals surface area (Å²) < 4.78 is 29.5. The van der Waals surface area contributed by atoms with Crippen LogP contribution < -0.4 is 4.80 Å². The smallest absolute Gasteiger partial charge is 0.294 e. The number of rotatable bonds is 5. The Morgan fingerprint density at radius 2 is 2.25 bits per heavy atom. The molecule has 2 heterocycles. The fraction of sp³-hybridized carbons (Fsp3) is 0.0909. The van der Waals surface area contributed by atoms with Crippen LogP contribution in [0.3, 0.4) is 0 Å². The molecular formula is C11H9ClN2O3S3. The summed E-state index contributed by atoms with van der Waals surface area (Å²) in [6.07, 6.45) is 2.12. The van der Waals surface area contributed by atoms with Crippen LogP contribution >= 0.6 is 34.3 Å². The highest BCUT2D eigenvalue weighted by atomic mass is 35.5. The van der Waals surface area contributed by atoms with Crippen LogP contribution in [0.4, 0.5) is 0 Å². The van der Waals surface area contributed by atoms with E-state index in [1.807, 2.05) is 0 Å². The summed E-state index contributed by atoms with van der Waals surface area (Å²) in [6, 6.07) is 3.10.